The molecule has 0 saturated heterocycles. The minimum atomic E-state index is -2.94. The molecule has 0 bridgehead atoms. The Morgan fingerprint density at radius 1 is 0.708 bits per heavy atom. The first-order chi connectivity index (χ1) is 11.5. The van der Waals surface area contributed by atoms with Gasteiger partial charge in [-0.25, -0.2) is 9.59 Å². The Balaban J connectivity index is 1.93. The number of benzene rings is 2. The standard InChI is InChI=1S/C16H14O7P/c1-20-13-7-3-11(4-8-13)15(17)22-24(19)23-16(18)12-5-9-14(21-2)10-6-12/h3-10H,1-2H3/q+1. The van der Waals surface area contributed by atoms with Gasteiger partial charge in [0.05, 0.1) is 25.3 Å². The topological polar surface area (TPSA) is 88.1 Å². The normalized spacial score (nSPS) is 9.75. The van der Waals surface area contributed by atoms with Gasteiger partial charge in [-0.2, -0.15) is 9.05 Å². The van der Waals surface area contributed by atoms with Crippen molar-refractivity contribution in [3.05, 3.63) is 59.7 Å². The molecule has 124 valence electrons. The van der Waals surface area contributed by atoms with Gasteiger partial charge in [-0.3, -0.25) is 0 Å². The Morgan fingerprint density at radius 2 is 1.04 bits per heavy atom. The fraction of sp³-hybridized carbons (Fsp3) is 0.125. The van der Waals surface area contributed by atoms with Crippen LogP contribution in [0.5, 0.6) is 11.5 Å². The molecule has 0 aliphatic heterocycles. The molecule has 2 aromatic carbocycles. The molecule has 0 N–H and O–H groups in total. The number of hydrogen-bond acceptors (Lipinski definition) is 7. The molecular weight excluding hydrogens is 335 g/mol. The lowest BCUT2D eigenvalue weighted by atomic mass is 10.2. The SMILES string of the molecule is COc1ccc(C(=O)O[P+](=O)OC(=O)c2ccc(OC)cc2)cc1. The summed E-state index contributed by atoms with van der Waals surface area (Å²) in [5.41, 5.74) is 0.305. The van der Waals surface area contributed by atoms with Gasteiger partial charge in [0.1, 0.15) is 11.5 Å². The van der Waals surface area contributed by atoms with Crippen molar-refractivity contribution in [2.45, 2.75) is 0 Å². The first-order valence-corrected chi connectivity index (χ1v) is 7.83. The molecule has 0 aliphatic rings. The summed E-state index contributed by atoms with van der Waals surface area (Å²) in [5.74, 6) is -0.633. The van der Waals surface area contributed by atoms with Crippen LogP contribution in [0, 0.1) is 0 Å². The van der Waals surface area contributed by atoms with Crippen LogP contribution >= 0.6 is 8.25 Å². The van der Waals surface area contributed by atoms with Crippen LogP contribution in [0.3, 0.4) is 0 Å². The molecule has 0 radical (unpaired) electrons. The largest absolute Gasteiger partial charge is 0.812 e. The predicted octanol–water partition coefficient (Wildman–Crippen LogP) is 3.38. The summed E-state index contributed by atoms with van der Waals surface area (Å²) < 4.78 is 30.8. The monoisotopic (exact) mass is 349 g/mol. The summed E-state index contributed by atoms with van der Waals surface area (Å²) in [4.78, 5) is 23.6. The smallest absolute Gasteiger partial charge is 0.497 e. The van der Waals surface area contributed by atoms with Crippen LogP contribution in [0.1, 0.15) is 20.7 Å². The van der Waals surface area contributed by atoms with Crippen LogP contribution in [0.4, 0.5) is 0 Å². The van der Waals surface area contributed by atoms with Crippen LogP contribution in [0.15, 0.2) is 48.5 Å². The molecule has 0 heterocycles. The molecule has 0 spiro atoms. The third-order valence-electron chi connectivity index (χ3n) is 2.97. The summed E-state index contributed by atoms with van der Waals surface area (Å²) in [5, 5.41) is 0. The molecule has 0 amide bonds. The number of hydrogen-bond donors (Lipinski definition) is 0. The summed E-state index contributed by atoms with van der Waals surface area (Å²) in [6.45, 7) is 0. The number of carbonyl (C=O) groups is 2. The lowest BCUT2D eigenvalue weighted by molar-refractivity contribution is 0.0653. The summed E-state index contributed by atoms with van der Waals surface area (Å²) in [7, 11) is 0.0371. The van der Waals surface area contributed by atoms with Gasteiger partial charge in [-0.05, 0) is 48.5 Å². The van der Waals surface area contributed by atoms with Crippen molar-refractivity contribution < 1.29 is 32.7 Å². The molecular formula is C16H14O7P+. The highest BCUT2D eigenvalue weighted by Crippen LogP contribution is 2.28. The first kappa shape index (κ1) is 17.4. The Hall–Kier alpha value is -2.92. The second-order valence-electron chi connectivity index (χ2n) is 4.44. The summed E-state index contributed by atoms with van der Waals surface area (Å²) >= 11 is 0. The third kappa shape index (κ3) is 4.54. The van der Waals surface area contributed by atoms with Gasteiger partial charge in [0, 0.05) is 4.57 Å². The van der Waals surface area contributed by atoms with Crippen LogP contribution in [0.25, 0.3) is 0 Å². The van der Waals surface area contributed by atoms with E-state index in [1.165, 1.54) is 38.5 Å². The number of methoxy groups -OCH3 is 2. The molecule has 0 atom stereocenters. The molecule has 2 rings (SSSR count). The molecule has 0 unspecified atom stereocenters. The lowest BCUT2D eigenvalue weighted by Crippen LogP contribution is -2.04. The van der Waals surface area contributed by atoms with Gasteiger partial charge in [0.2, 0.25) is 0 Å². The molecule has 8 heteroatoms. The van der Waals surface area contributed by atoms with E-state index in [4.69, 9.17) is 9.47 Å². The van der Waals surface area contributed by atoms with Gasteiger partial charge < -0.3 is 9.47 Å². The second-order valence-corrected chi connectivity index (χ2v) is 5.25. The Labute approximate surface area is 139 Å². The fourth-order valence-corrected chi connectivity index (χ4v) is 2.23. The highest BCUT2D eigenvalue weighted by Gasteiger charge is 2.32. The molecule has 0 aromatic heterocycles. The van der Waals surface area contributed by atoms with Crippen molar-refractivity contribution in [3.8, 4) is 11.5 Å². The summed E-state index contributed by atoms with van der Waals surface area (Å²) in [6.07, 6.45) is 0. The van der Waals surface area contributed by atoms with Gasteiger partial charge in [-0.15, -0.1) is 0 Å². The minimum Gasteiger partial charge on any atom is -0.497 e. The van der Waals surface area contributed by atoms with Gasteiger partial charge in [-0.1, -0.05) is 0 Å². The van der Waals surface area contributed by atoms with E-state index in [-0.39, 0.29) is 11.1 Å². The average Bonchev–Trinajstić information content (AvgIpc) is 2.61. The van der Waals surface area contributed by atoms with Crippen LogP contribution in [-0.4, -0.2) is 26.2 Å². The quantitative estimate of drug-likeness (QED) is 0.739. The predicted molar refractivity (Wildman–Crippen MR) is 84.4 cm³/mol. The Kier molecular flexibility index (Phi) is 5.87. The van der Waals surface area contributed by atoms with E-state index >= 15 is 0 Å². The van der Waals surface area contributed by atoms with E-state index in [1.807, 2.05) is 0 Å². The third-order valence-corrected chi connectivity index (χ3v) is 3.60. The first-order valence-electron chi connectivity index (χ1n) is 6.73. The van der Waals surface area contributed by atoms with Gasteiger partial charge in [0.15, 0.2) is 0 Å². The van der Waals surface area contributed by atoms with Crippen molar-refractivity contribution >= 4 is 20.2 Å². The van der Waals surface area contributed by atoms with Crippen molar-refractivity contribution in [1.82, 2.24) is 0 Å². The van der Waals surface area contributed by atoms with E-state index in [1.54, 1.807) is 24.3 Å². The maximum atomic E-state index is 11.8. The van der Waals surface area contributed by atoms with Crippen LogP contribution in [0.2, 0.25) is 0 Å². The van der Waals surface area contributed by atoms with E-state index in [2.05, 4.69) is 9.05 Å². The Morgan fingerprint density at radius 3 is 1.33 bits per heavy atom. The van der Waals surface area contributed by atoms with E-state index in [0.29, 0.717) is 11.5 Å². The van der Waals surface area contributed by atoms with Gasteiger partial charge in [0.25, 0.3) is 0 Å². The van der Waals surface area contributed by atoms with Crippen LogP contribution < -0.4 is 9.47 Å². The molecule has 2 aromatic rings. The highest BCUT2D eigenvalue weighted by molar-refractivity contribution is 7.34. The molecule has 24 heavy (non-hydrogen) atoms. The number of rotatable bonds is 6. The number of ether oxygens (including phenoxy) is 2. The van der Waals surface area contributed by atoms with Gasteiger partial charge >= 0.3 is 20.2 Å². The molecule has 0 fully saturated rings. The number of carbonyl (C=O) groups excluding carboxylic acids is 2. The zero-order chi connectivity index (χ0) is 17.5. The Bertz CT molecular complexity index is 675. The molecule has 0 aliphatic carbocycles. The average molecular weight is 349 g/mol. The molecule has 0 saturated carbocycles. The second kappa shape index (κ2) is 8.08. The van der Waals surface area contributed by atoms with E-state index in [9.17, 15) is 14.2 Å². The highest BCUT2D eigenvalue weighted by atomic mass is 31.1. The molecule has 7 nitrogen and oxygen atoms in total. The lowest BCUT2D eigenvalue weighted by Gasteiger charge is -2.00. The van der Waals surface area contributed by atoms with Crippen molar-refractivity contribution in [3.63, 3.8) is 0 Å². The van der Waals surface area contributed by atoms with Crippen LogP contribution in [-0.2, 0) is 13.6 Å². The summed E-state index contributed by atoms with van der Waals surface area (Å²) in [6, 6.07) is 12.0. The maximum Gasteiger partial charge on any atom is 0.812 e. The van der Waals surface area contributed by atoms with Crippen molar-refractivity contribution in [2.75, 3.05) is 14.2 Å². The fourth-order valence-electron chi connectivity index (χ4n) is 1.71. The maximum absolute atomic E-state index is 11.8. The van der Waals surface area contributed by atoms with E-state index < -0.39 is 20.2 Å². The van der Waals surface area contributed by atoms with Crippen molar-refractivity contribution in [2.24, 2.45) is 0 Å². The zero-order valence-corrected chi connectivity index (χ0v) is 13.8. The zero-order valence-electron chi connectivity index (χ0n) is 12.9. The van der Waals surface area contributed by atoms with Crippen molar-refractivity contribution in [1.29, 1.82) is 0 Å². The minimum absolute atomic E-state index is 0.152. The van der Waals surface area contributed by atoms with E-state index in [0.717, 1.165) is 0 Å².